The first-order chi connectivity index (χ1) is 19.6. The van der Waals surface area contributed by atoms with Gasteiger partial charge in [-0.05, 0) is 62.6 Å². The summed E-state index contributed by atoms with van der Waals surface area (Å²) in [6.07, 6.45) is 4.78. The number of carbonyl (C=O) groups excluding carboxylic acids is 1. The van der Waals surface area contributed by atoms with E-state index in [1.807, 2.05) is 57.7 Å². The molecule has 1 fully saturated rings. The summed E-state index contributed by atoms with van der Waals surface area (Å²) in [6, 6.07) is 7.28. The maximum atomic E-state index is 14.0. The van der Waals surface area contributed by atoms with E-state index in [2.05, 4.69) is 26.8 Å². The molecule has 41 heavy (non-hydrogen) atoms. The molecule has 0 unspecified atom stereocenters. The normalized spacial score (nSPS) is 15.4. The Morgan fingerprint density at radius 1 is 1.17 bits per heavy atom. The standard InChI is InChI=1S/C30H33ClN8O2/c1-7-24(40)37-13-14-38(19(5)16-37)28-21-15-22(31)27(34-23-9-8-11-32-20(23)6)35-29(21)39(30(41)36-28)26-18(4)10-12-33-25(26)17(2)3/h7-12,15,17,19H,1,13-14,16H2,2-6H3,(H,34,35)/t19-/m0/s1. The smallest absolute Gasteiger partial charge is 0.350 e. The molecule has 0 spiro atoms. The Kier molecular flexibility index (Phi) is 7.77. The van der Waals surface area contributed by atoms with Crippen molar-refractivity contribution in [2.75, 3.05) is 29.9 Å². The van der Waals surface area contributed by atoms with Crippen molar-refractivity contribution in [3.05, 3.63) is 81.8 Å². The maximum Gasteiger partial charge on any atom is 0.355 e. The number of hydrogen-bond donors (Lipinski definition) is 1. The van der Waals surface area contributed by atoms with Crippen molar-refractivity contribution in [3.8, 4) is 5.69 Å². The number of halogens is 1. The van der Waals surface area contributed by atoms with E-state index in [1.54, 1.807) is 23.4 Å². The maximum absolute atomic E-state index is 14.0. The Bertz CT molecular complexity index is 1720. The van der Waals surface area contributed by atoms with E-state index in [-0.39, 0.29) is 17.9 Å². The molecule has 1 N–H and O–H groups in total. The average molecular weight is 573 g/mol. The Labute approximate surface area is 243 Å². The van der Waals surface area contributed by atoms with Crippen LogP contribution in [0, 0.1) is 13.8 Å². The molecule has 212 valence electrons. The third-order valence-electron chi connectivity index (χ3n) is 7.37. The lowest BCUT2D eigenvalue weighted by Gasteiger charge is -2.40. The number of aryl methyl sites for hydroxylation is 2. The topological polar surface area (TPSA) is 109 Å². The molecule has 4 aromatic heterocycles. The molecule has 11 heteroatoms. The van der Waals surface area contributed by atoms with Gasteiger partial charge in [-0.1, -0.05) is 32.0 Å². The molecule has 0 aliphatic carbocycles. The van der Waals surface area contributed by atoms with Crippen molar-refractivity contribution >= 4 is 45.9 Å². The second kappa shape index (κ2) is 11.3. The molecule has 0 saturated carbocycles. The van der Waals surface area contributed by atoms with Gasteiger partial charge in [0.2, 0.25) is 5.91 Å². The summed E-state index contributed by atoms with van der Waals surface area (Å²) in [7, 11) is 0. The van der Waals surface area contributed by atoms with Crippen molar-refractivity contribution in [1.82, 2.24) is 29.4 Å². The number of fused-ring (bicyclic) bond motifs is 1. The number of nitrogens with one attached hydrogen (secondary N) is 1. The molecule has 10 nitrogen and oxygen atoms in total. The van der Waals surface area contributed by atoms with Crippen LogP contribution in [-0.4, -0.2) is 61.0 Å². The molecular formula is C30H33ClN8O2. The lowest BCUT2D eigenvalue weighted by atomic mass is 10.0. The Morgan fingerprint density at radius 3 is 2.63 bits per heavy atom. The summed E-state index contributed by atoms with van der Waals surface area (Å²) in [5.74, 6) is 0.794. The number of pyridine rings is 3. The van der Waals surface area contributed by atoms with Gasteiger partial charge in [-0.25, -0.2) is 14.3 Å². The predicted octanol–water partition coefficient (Wildman–Crippen LogP) is 4.93. The van der Waals surface area contributed by atoms with Crippen LogP contribution in [0.25, 0.3) is 16.7 Å². The van der Waals surface area contributed by atoms with E-state index in [4.69, 9.17) is 16.6 Å². The highest BCUT2D eigenvalue weighted by Gasteiger charge is 2.30. The molecule has 1 aliphatic rings. The second-order valence-corrected chi connectivity index (χ2v) is 11.0. The Hall–Kier alpha value is -4.31. The van der Waals surface area contributed by atoms with Gasteiger partial charge in [0.25, 0.3) is 0 Å². The monoisotopic (exact) mass is 572 g/mol. The molecular weight excluding hydrogens is 540 g/mol. The second-order valence-electron chi connectivity index (χ2n) is 10.6. The highest BCUT2D eigenvalue weighted by molar-refractivity contribution is 6.33. The average Bonchev–Trinajstić information content (AvgIpc) is 2.94. The van der Waals surface area contributed by atoms with E-state index in [0.29, 0.717) is 53.0 Å². The molecule has 1 atom stereocenters. The Morgan fingerprint density at radius 2 is 1.95 bits per heavy atom. The van der Waals surface area contributed by atoms with E-state index < -0.39 is 5.69 Å². The van der Waals surface area contributed by atoms with Gasteiger partial charge in [0.05, 0.1) is 33.2 Å². The zero-order valence-corrected chi connectivity index (χ0v) is 24.6. The third-order valence-corrected chi connectivity index (χ3v) is 7.66. The van der Waals surface area contributed by atoms with Gasteiger partial charge < -0.3 is 15.1 Å². The third kappa shape index (κ3) is 5.27. The molecule has 0 bridgehead atoms. The fourth-order valence-corrected chi connectivity index (χ4v) is 5.44. The van der Waals surface area contributed by atoms with Crippen LogP contribution >= 0.6 is 11.6 Å². The number of amides is 1. The van der Waals surface area contributed by atoms with E-state index in [9.17, 15) is 9.59 Å². The van der Waals surface area contributed by atoms with Gasteiger partial charge in [0.1, 0.15) is 5.82 Å². The Balaban J connectivity index is 1.76. The van der Waals surface area contributed by atoms with E-state index in [0.717, 1.165) is 22.6 Å². The van der Waals surface area contributed by atoms with Crippen molar-refractivity contribution in [2.45, 2.75) is 46.6 Å². The quantitative estimate of drug-likeness (QED) is 0.324. The van der Waals surface area contributed by atoms with E-state index >= 15 is 0 Å². The zero-order chi connectivity index (χ0) is 29.4. The number of nitrogens with zero attached hydrogens (tertiary/aromatic N) is 7. The number of anilines is 3. The fraction of sp³-hybridized carbons (Fsp3) is 0.333. The minimum atomic E-state index is -0.472. The minimum absolute atomic E-state index is 0.0463. The summed E-state index contributed by atoms with van der Waals surface area (Å²) in [6.45, 7) is 14.9. The van der Waals surface area contributed by atoms with Crippen molar-refractivity contribution in [3.63, 3.8) is 0 Å². The molecule has 0 aromatic carbocycles. The molecule has 4 aromatic rings. The largest absolute Gasteiger partial charge is 0.355 e. The van der Waals surface area contributed by atoms with E-state index in [1.165, 1.54) is 10.6 Å². The highest BCUT2D eigenvalue weighted by atomic mass is 35.5. The predicted molar refractivity (Wildman–Crippen MR) is 163 cm³/mol. The van der Waals surface area contributed by atoms with Crippen LogP contribution in [0.2, 0.25) is 5.02 Å². The van der Waals surface area contributed by atoms with Crippen LogP contribution in [0.1, 0.15) is 43.6 Å². The van der Waals surface area contributed by atoms with Crippen LogP contribution < -0.4 is 15.9 Å². The first-order valence-electron chi connectivity index (χ1n) is 13.6. The van der Waals surface area contributed by atoms with Gasteiger partial charge in [-0.3, -0.25) is 14.8 Å². The summed E-state index contributed by atoms with van der Waals surface area (Å²) < 4.78 is 1.54. The van der Waals surface area contributed by atoms with Crippen LogP contribution in [0.15, 0.2) is 54.1 Å². The van der Waals surface area contributed by atoms with Crippen LogP contribution in [0.3, 0.4) is 0 Å². The first kappa shape index (κ1) is 28.2. The van der Waals surface area contributed by atoms with Crippen LogP contribution in [0.5, 0.6) is 0 Å². The van der Waals surface area contributed by atoms with Gasteiger partial charge in [0.15, 0.2) is 11.5 Å². The lowest BCUT2D eigenvalue weighted by molar-refractivity contribution is -0.126. The number of aromatic nitrogens is 5. The highest BCUT2D eigenvalue weighted by Crippen LogP contribution is 2.35. The van der Waals surface area contributed by atoms with Gasteiger partial charge in [-0.2, -0.15) is 4.98 Å². The van der Waals surface area contributed by atoms with Crippen LogP contribution in [-0.2, 0) is 4.79 Å². The number of carbonyl (C=O) groups is 1. The van der Waals surface area contributed by atoms with Crippen molar-refractivity contribution < 1.29 is 4.79 Å². The fourth-order valence-electron chi connectivity index (χ4n) is 5.24. The van der Waals surface area contributed by atoms with Crippen molar-refractivity contribution in [1.29, 1.82) is 0 Å². The number of piperazine rings is 1. The summed E-state index contributed by atoms with van der Waals surface area (Å²) >= 11 is 6.83. The van der Waals surface area contributed by atoms with Crippen molar-refractivity contribution in [2.24, 2.45) is 0 Å². The number of hydrogen-bond acceptors (Lipinski definition) is 8. The minimum Gasteiger partial charge on any atom is -0.350 e. The molecule has 1 saturated heterocycles. The van der Waals surface area contributed by atoms with Gasteiger partial charge in [-0.15, -0.1) is 0 Å². The zero-order valence-electron chi connectivity index (χ0n) is 23.8. The first-order valence-corrected chi connectivity index (χ1v) is 13.9. The van der Waals surface area contributed by atoms with Gasteiger partial charge in [0, 0.05) is 38.1 Å². The molecule has 1 aliphatic heterocycles. The van der Waals surface area contributed by atoms with Gasteiger partial charge >= 0.3 is 5.69 Å². The summed E-state index contributed by atoms with van der Waals surface area (Å²) in [4.78, 5) is 48.6. The molecule has 5 heterocycles. The molecule has 5 rings (SSSR count). The summed E-state index contributed by atoms with van der Waals surface area (Å²) in [5.41, 5.74) is 3.77. The lowest BCUT2D eigenvalue weighted by Crippen LogP contribution is -2.54. The molecule has 0 radical (unpaired) electrons. The summed E-state index contributed by atoms with van der Waals surface area (Å²) in [5, 5.41) is 4.28. The molecule has 1 amide bonds. The number of rotatable bonds is 6. The van der Waals surface area contributed by atoms with Crippen LogP contribution in [0.4, 0.5) is 17.3 Å². The SMILES string of the molecule is C=CC(=O)N1CCN(c2nc(=O)n(-c3c(C)ccnc3C(C)C)c3nc(Nc4cccnc4C)c(Cl)cc23)[C@@H](C)C1.